The Labute approximate surface area is 318 Å². The molecule has 0 heterocycles. The molecule has 3 N–H and O–H groups in total. The van der Waals surface area contributed by atoms with Crippen molar-refractivity contribution in [2.24, 2.45) is 0 Å². The number of hydrogen-bond donors (Lipinski definition) is 3. The van der Waals surface area contributed by atoms with Crippen molar-refractivity contribution < 1.29 is 15.0 Å². The molecule has 2 unspecified atom stereocenters. The van der Waals surface area contributed by atoms with Crippen LogP contribution in [0, 0.1) is 0 Å². The number of carbonyl (C=O) groups excluding carboxylic acids is 1. The molecule has 0 saturated carbocycles. The molecule has 0 rings (SSSR count). The van der Waals surface area contributed by atoms with Gasteiger partial charge in [0.15, 0.2) is 0 Å². The summed E-state index contributed by atoms with van der Waals surface area (Å²) in [5.74, 6) is -0.0766. The van der Waals surface area contributed by atoms with Crippen LogP contribution in [0.1, 0.15) is 226 Å². The van der Waals surface area contributed by atoms with Crippen molar-refractivity contribution in [1.29, 1.82) is 0 Å². The number of rotatable bonds is 40. The van der Waals surface area contributed by atoms with Crippen LogP contribution >= 0.6 is 0 Å². The Hall–Kier alpha value is -1.65. The van der Waals surface area contributed by atoms with Gasteiger partial charge in [0.05, 0.1) is 18.8 Å². The molecule has 0 aromatic rings. The molecule has 0 bridgehead atoms. The van der Waals surface area contributed by atoms with Crippen LogP contribution in [0.2, 0.25) is 0 Å². The average molecular weight is 714 g/mol. The van der Waals surface area contributed by atoms with Gasteiger partial charge in [-0.1, -0.05) is 204 Å². The van der Waals surface area contributed by atoms with Crippen LogP contribution in [0.25, 0.3) is 0 Å². The van der Waals surface area contributed by atoms with Gasteiger partial charge in [-0.25, -0.2) is 0 Å². The first-order valence-electron chi connectivity index (χ1n) is 22.4. The van der Waals surface area contributed by atoms with Crippen molar-refractivity contribution >= 4 is 5.91 Å². The smallest absolute Gasteiger partial charge is 0.220 e. The predicted octanol–water partition coefficient (Wildman–Crippen LogP) is 14.0. The monoisotopic (exact) mass is 714 g/mol. The third kappa shape index (κ3) is 39.4. The third-order valence-corrected chi connectivity index (χ3v) is 10.0. The number of hydrogen-bond acceptors (Lipinski definition) is 3. The molecule has 51 heavy (non-hydrogen) atoms. The minimum absolute atomic E-state index is 0.0766. The second-order valence-electron chi connectivity index (χ2n) is 15.1. The molecule has 0 spiro atoms. The zero-order chi connectivity index (χ0) is 37.1. The Morgan fingerprint density at radius 3 is 1.25 bits per heavy atom. The molecule has 1 amide bonds. The number of carbonyl (C=O) groups is 1. The number of nitrogens with one attached hydrogen (secondary N) is 1. The molecule has 0 aromatic carbocycles. The summed E-state index contributed by atoms with van der Waals surface area (Å²) in [6.45, 7) is 4.29. The first-order valence-corrected chi connectivity index (χ1v) is 22.4. The first kappa shape index (κ1) is 49.4. The largest absolute Gasteiger partial charge is 0.394 e. The minimum atomic E-state index is -0.863. The highest BCUT2D eigenvalue weighted by Crippen LogP contribution is 2.14. The molecule has 0 aliphatic heterocycles. The Kier molecular flexibility index (Phi) is 41.4. The second kappa shape index (κ2) is 42.8. The van der Waals surface area contributed by atoms with E-state index < -0.39 is 12.1 Å². The van der Waals surface area contributed by atoms with Crippen LogP contribution < -0.4 is 5.32 Å². The van der Waals surface area contributed by atoms with Crippen LogP contribution in [0.5, 0.6) is 0 Å². The van der Waals surface area contributed by atoms with E-state index in [4.69, 9.17) is 0 Å². The van der Waals surface area contributed by atoms with Crippen molar-refractivity contribution in [3.8, 4) is 0 Å². The number of aliphatic hydroxyl groups excluding tert-OH is 2. The average Bonchev–Trinajstić information content (AvgIpc) is 3.13. The van der Waals surface area contributed by atoms with Crippen LogP contribution in [0.3, 0.4) is 0 Å². The maximum absolute atomic E-state index is 12.4. The van der Waals surface area contributed by atoms with E-state index in [1.807, 2.05) is 6.08 Å². The van der Waals surface area contributed by atoms with Crippen LogP contribution in [-0.4, -0.2) is 34.9 Å². The van der Waals surface area contributed by atoms with E-state index in [2.05, 4.69) is 55.6 Å². The van der Waals surface area contributed by atoms with E-state index in [0.29, 0.717) is 6.42 Å². The maximum Gasteiger partial charge on any atom is 0.220 e. The van der Waals surface area contributed by atoms with Gasteiger partial charge < -0.3 is 15.5 Å². The molecule has 4 nitrogen and oxygen atoms in total. The zero-order valence-electron chi connectivity index (χ0n) is 34.1. The Morgan fingerprint density at radius 2 is 0.824 bits per heavy atom. The van der Waals surface area contributed by atoms with Gasteiger partial charge in [-0.2, -0.15) is 0 Å². The quantitative estimate of drug-likeness (QED) is 0.0437. The van der Waals surface area contributed by atoms with E-state index in [-0.39, 0.29) is 12.5 Å². The highest BCUT2D eigenvalue weighted by molar-refractivity contribution is 5.76. The number of aliphatic hydroxyl groups is 2. The summed E-state index contributed by atoms with van der Waals surface area (Å²) < 4.78 is 0. The summed E-state index contributed by atoms with van der Waals surface area (Å²) in [4.78, 5) is 12.4. The van der Waals surface area contributed by atoms with Gasteiger partial charge >= 0.3 is 0 Å². The van der Waals surface area contributed by atoms with E-state index in [1.54, 1.807) is 6.08 Å². The molecule has 298 valence electrons. The molecule has 4 heteroatoms. The number of amides is 1. The lowest BCUT2D eigenvalue weighted by Gasteiger charge is -2.19. The van der Waals surface area contributed by atoms with Gasteiger partial charge in [0.2, 0.25) is 5.91 Å². The minimum Gasteiger partial charge on any atom is -0.394 e. The Balaban J connectivity index is 3.60. The second-order valence-corrected chi connectivity index (χ2v) is 15.1. The van der Waals surface area contributed by atoms with Crippen LogP contribution in [-0.2, 0) is 4.79 Å². The van der Waals surface area contributed by atoms with E-state index in [9.17, 15) is 15.0 Å². The summed E-state index contributed by atoms with van der Waals surface area (Å²) in [5, 5.41) is 23.0. The van der Waals surface area contributed by atoms with Crippen LogP contribution in [0.4, 0.5) is 0 Å². The first-order chi connectivity index (χ1) is 25.2. The van der Waals surface area contributed by atoms with Gasteiger partial charge in [-0.15, -0.1) is 0 Å². The molecule has 0 aliphatic carbocycles. The molecule has 0 radical (unpaired) electrons. The summed E-state index contributed by atoms with van der Waals surface area (Å²) in [5.41, 5.74) is 0. The SMILES string of the molecule is CCCCCCC/C=C\C/C=C\CCCCCCCCCCCCCC(=O)NC(CO)C(O)/C=C/CC/C=C/CCCCCCCCCCCC. The van der Waals surface area contributed by atoms with Crippen molar-refractivity contribution in [3.05, 3.63) is 48.6 Å². The third-order valence-electron chi connectivity index (χ3n) is 10.0. The van der Waals surface area contributed by atoms with Gasteiger partial charge in [0.25, 0.3) is 0 Å². The molecule has 2 atom stereocenters. The lowest BCUT2D eigenvalue weighted by atomic mass is 10.0. The lowest BCUT2D eigenvalue weighted by Crippen LogP contribution is -2.45. The Bertz CT molecular complexity index is 816. The lowest BCUT2D eigenvalue weighted by molar-refractivity contribution is -0.123. The standard InChI is InChI=1S/C47H87NO3/c1-3-5-7-9-11-13-15-17-19-21-22-23-24-25-26-27-29-31-33-35-37-39-41-43-47(51)48-45(44-49)46(50)42-40-38-36-34-32-30-28-20-18-16-14-12-10-8-6-4-2/h15,17,21-22,32,34,40,42,45-46,49-50H,3-14,16,18-20,23-31,33,35-39,41,43-44H2,1-2H3,(H,48,51)/b17-15-,22-21-,34-32+,42-40+. The van der Waals surface area contributed by atoms with Gasteiger partial charge in [-0.05, 0) is 64.2 Å². The van der Waals surface area contributed by atoms with Gasteiger partial charge in [-0.3, -0.25) is 4.79 Å². The highest BCUT2D eigenvalue weighted by atomic mass is 16.3. The number of unbranched alkanes of at least 4 members (excludes halogenated alkanes) is 27. The van der Waals surface area contributed by atoms with Crippen molar-refractivity contribution in [2.45, 2.75) is 238 Å². The van der Waals surface area contributed by atoms with E-state index in [0.717, 1.165) is 38.5 Å². The predicted molar refractivity (Wildman–Crippen MR) is 225 cm³/mol. The van der Waals surface area contributed by atoms with Crippen LogP contribution in [0.15, 0.2) is 48.6 Å². The summed E-state index contributed by atoms with van der Waals surface area (Å²) >= 11 is 0. The summed E-state index contributed by atoms with van der Waals surface area (Å²) in [7, 11) is 0. The molecule has 0 fully saturated rings. The Morgan fingerprint density at radius 1 is 0.471 bits per heavy atom. The molecule has 0 aliphatic rings. The number of allylic oxidation sites excluding steroid dienone is 7. The van der Waals surface area contributed by atoms with Gasteiger partial charge in [0, 0.05) is 6.42 Å². The maximum atomic E-state index is 12.4. The molecular weight excluding hydrogens is 627 g/mol. The van der Waals surface area contributed by atoms with Crippen molar-refractivity contribution in [1.82, 2.24) is 5.32 Å². The molecule has 0 aromatic heterocycles. The fraction of sp³-hybridized carbons (Fsp3) is 0.809. The normalized spacial score (nSPS) is 13.4. The topological polar surface area (TPSA) is 69.6 Å². The summed E-state index contributed by atoms with van der Waals surface area (Å²) in [6, 6.07) is -0.640. The zero-order valence-corrected chi connectivity index (χ0v) is 34.1. The highest BCUT2D eigenvalue weighted by Gasteiger charge is 2.17. The summed E-state index contributed by atoms with van der Waals surface area (Å²) in [6.07, 6.45) is 57.9. The fourth-order valence-corrected chi connectivity index (χ4v) is 6.58. The van der Waals surface area contributed by atoms with E-state index >= 15 is 0 Å². The molecular formula is C47H87NO3. The van der Waals surface area contributed by atoms with Gasteiger partial charge in [0.1, 0.15) is 0 Å². The fourth-order valence-electron chi connectivity index (χ4n) is 6.58. The van der Waals surface area contributed by atoms with Crippen molar-refractivity contribution in [3.63, 3.8) is 0 Å². The van der Waals surface area contributed by atoms with Crippen molar-refractivity contribution in [2.75, 3.05) is 6.61 Å². The van der Waals surface area contributed by atoms with E-state index in [1.165, 1.54) is 167 Å². The molecule has 0 saturated heterocycles.